The second-order valence-corrected chi connectivity index (χ2v) is 6.09. The molecular formula is C16H26ClN3O2S. The van der Waals surface area contributed by atoms with E-state index in [1.165, 1.54) is 0 Å². The van der Waals surface area contributed by atoms with Crippen molar-refractivity contribution in [3.63, 3.8) is 0 Å². The standard InChI is InChI=1S/C16H25N3O2S.ClH/c1-3-4-15(20)19-13-7-5-12(6-8-13)11-18-16(21)14(17)9-10-22-2;/h5-8,14H,3-4,9-11,17H2,1-2H3,(H,18,21)(H,19,20);1H/t14-;/m0./s1. The highest BCUT2D eigenvalue weighted by molar-refractivity contribution is 7.98. The molecule has 4 N–H and O–H groups in total. The van der Waals surface area contributed by atoms with Gasteiger partial charge in [-0.05, 0) is 42.5 Å². The van der Waals surface area contributed by atoms with E-state index in [4.69, 9.17) is 5.73 Å². The van der Waals surface area contributed by atoms with Crippen LogP contribution < -0.4 is 16.4 Å². The molecule has 1 aromatic carbocycles. The van der Waals surface area contributed by atoms with Crippen LogP contribution >= 0.6 is 24.2 Å². The summed E-state index contributed by atoms with van der Waals surface area (Å²) in [4.78, 5) is 23.3. The summed E-state index contributed by atoms with van der Waals surface area (Å²) in [7, 11) is 0. The Morgan fingerprint density at radius 1 is 1.26 bits per heavy atom. The van der Waals surface area contributed by atoms with E-state index >= 15 is 0 Å². The molecule has 1 rings (SSSR count). The zero-order valence-electron chi connectivity index (χ0n) is 13.6. The van der Waals surface area contributed by atoms with Gasteiger partial charge in [0.05, 0.1) is 6.04 Å². The molecule has 0 bridgehead atoms. The number of thioether (sulfide) groups is 1. The Morgan fingerprint density at radius 3 is 2.48 bits per heavy atom. The van der Waals surface area contributed by atoms with E-state index < -0.39 is 6.04 Å². The molecule has 2 amide bonds. The van der Waals surface area contributed by atoms with Gasteiger partial charge in [0.25, 0.3) is 0 Å². The molecule has 23 heavy (non-hydrogen) atoms. The highest BCUT2D eigenvalue weighted by Gasteiger charge is 2.12. The van der Waals surface area contributed by atoms with E-state index in [0.717, 1.165) is 23.4 Å². The lowest BCUT2D eigenvalue weighted by atomic mass is 10.2. The first-order valence-electron chi connectivity index (χ1n) is 7.47. The van der Waals surface area contributed by atoms with Crippen LogP contribution in [0.1, 0.15) is 31.7 Å². The van der Waals surface area contributed by atoms with Crippen molar-refractivity contribution >= 4 is 41.7 Å². The second-order valence-electron chi connectivity index (χ2n) is 5.10. The lowest BCUT2D eigenvalue weighted by Crippen LogP contribution is -2.40. The molecule has 0 aromatic heterocycles. The molecule has 0 aliphatic carbocycles. The van der Waals surface area contributed by atoms with Crippen LogP contribution in [0.15, 0.2) is 24.3 Å². The number of carbonyl (C=O) groups excluding carboxylic acids is 2. The van der Waals surface area contributed by atoms with Crippen molar-refractivity contribution in [2.24, 2.45) is 5.73 Å². The Morgan fingerprint density at radius 2 is 1.91 bits per heavy atom. The van der Waals surface area contributed by atoms with Crippen LogP contribution in [-0.4, -0.2) is 29.9 Å². The Balaban J connectivity index is 0.00000484. The largest absolute Gasteiger partial charge is 0.351 e. The van der Waals surface area contributed by atoms with Gasteiger partial charge < -0.3 is 16.4 Å². The number of amides is 2. The van der Waals surface area contributed by atoms with Gasteiger partial charge in [-0.15, -0.1) is 12.4 Å². The molecule has 130 valence electrons. The van der Waals surface area contributed by atoms with Gasteiger partial charge >= 0.3 is 0 Å². The molecule has 0 heterocycles. The Bertz CT molecular complexity index is 483. The summed E-state index contributed by atoms with van der Waals surface area (Å²) in [5, 5.41) is 5.66. The summed E-state index contributed by atoms with van der Waals surface area (Å²) < 4.78 is 0. The SMILES string of the molecule is CCCC(=O)Nc1ccc(CNC(=O)[C@@H](N)CCSC)cc1.Cl. The summed E-state index contributed by atoms with van der Waals surface area (Å²) in [5.74, 6) is 0.762. The lowest BCUT2D eigenvalue weighted by Gasteiger charge is -2.12. The molecule has 1 aromatic rings. The average Bonchev–Trinajstić information content (AvgIpc) is 2.51. The number of nitrogens with two attached hydrogens (primary N) is 1. The normalized spacial score (nSPS) is 11.3. The molecule has 0 saturated carbocycles. The molecule has 0 fully saturated rings. The van der Waals surface area contributed by atoms with Crippen LogP contribution in [0.5, 0.6) is 0 Å². The summed E-state index contributed by atoms with van der Waals surface area (Å²) in [6.45, 7) is 2.41. The molecule has 0 radical (unpaired) electrons. The van der Waals surface area contributed by atoms with Crippen LogP contribution in [0.4, 0.5) is 5.69 Å². The number of hydrogen-bond acceptors (Lipinski definition) is 4. The van der Waals surface area contributed by atoms with Crippen molar-refractivity contribution in [3.8, 4) is 0 Å². The van der Waals surface area contributed by atoms with Crippen molar-refractivity contribution < 1.29 is 9.59 Å². The quantitative estimate of drug-likeness (QED) is 0.632. The van der Waals surface area contributed by atoms with Crippen molar-refractivity contribution in [3.05, 3.63) is 29.8 Å². The second kappa shape index (κ2) is 12.2. The zero-order valence-corrected chi connectivity index (χ0v) is 15.3. The summed E-state index contributed by atoms with van der Waals surface area (Å²) in [6, 6.07) is 6.98. The molecule has 0 aliphatic rings. The number of nitrogens with one attached hydrogen (secondary N) is 2. The van der Waals surface area contributed by atoms with Gasteiger partial charge in [-0.3, -0.25) is 9.59 Å². The first-order valence-corrected chi connectivity index (χ1v) is 8.87. The minimum Gasteiger partial charge on any atom is -0.351 e. The Hall–Kier alpha value is -1.24. The van der Waals surface area contributed by atoms with Crippen LogP contribution in [0, 0.1) is 0 Å². The van der Waals surface area contributed by atoms with Gasteiger partial charge in [-0.1, -0.05) is 19.1 Å². The maximum atomic E-state index is 11.8. The smallest absolute Gasteiger partial charge is 0.237 e. The van der Waals surface area contributed by atoms with Gasteiger partial charge in [-0.25, -0.2) is 0 Å². The number of benzene rings is 1. The molecule has 0 saturated heterocycles. The lowest BCUT2D eigenvalue weighted by molar-refractivity contribution is -0.122. The third-order valence-electron chi connectivity index (χ3n) is 3.15. The fourth-order valence-corrected chi connectivity index (χ4v) is 2.34. The number of hydrogen-bond donors (Lipinski definition) is 3. The number of carbonyl (C=O) groups is 2. The van der Waals surface area contributed by atoms with Gasteiger partial charge in [0, 0.05) is 18.7 Å². The summed E-state index contributed by atoms with van der Waals surface area (Å²) in [5.41, 5.74) is 7.54. The maximum absolute atomic E-state index is 11.8. The highest BCUT2D eigenvalue weighted by Crippen LogP contribution is 2.10. The Labute approximate surface area is 148 Å². The van der Waals surface area contributed by atoms with Gasteiger partial charge in [0.15, 0.2) is 0 Å². The maximum Gasteiger partial charge on any atom is 0.237 e. The van der Waals surface area contributed by atoms with Crippen LogP contribution in [0.3, 0.4) is 0 Å². The number of halogens is 1. The van der Waals surface area contributed by atoms with Crippen molar-refractivity contribution in [1.82, 2.24) is 5.32 Å². The van der Waals surface area contributed by atoms with E-state index in [2.05, 4.69) is 10.6 Å². The molecule has 1 atom stereocenters. The third-order valence-corrected chi connectivity index (χ3v) is 3.80. The number of anilines is 1. The first kappa shape index (κ1) is 21.8. The summed E-state index contributed by atoms with van der Waals surface area (Å²) in [6.07, 6.45) is 4.01. The molecule has 7 heteroatoms. The predicted molar refractivity (Wildman–Crippen MR) is 100 cm³/mol. The fourth-order valence-electron chi connectivity index (χ4n) is 1.85. The van der Waals surface area contributed by atoms with E-state index in [9.17, 15) is 9.59 Å². The topological polar surface area (TPSA) is 84.2 Å². The van der Waals surface area contributed by atoms with Gasteiger partial charge in [0.1, 0.15) is 0 Å². The molecule has 0 aliphatic heterocycles. The monoisotopic (exact) mass is 359 g/mol. The Kier molecular flexibility index (Phi) is 11.6. The molecular weight excluding hydrogens is 334 g/mol. The van der Waals surface area contributed by atoms with E-state index in [1.807, 2.05) is 37.4 Å². The average molecular weight is 360 g/mol. The van der Waals surface area contributed by atoms with Crippen molar-refractivity contribution in [2.45, 2.75) is 38.8 Å². The molecule has 0 unspecified atom stereocenters. The minimum atomic E-state index is -0.458. The summed E-state index contributed by atoms with van der Waals surface area (Å²) >= 11 is 1.68. The fraction of sp³-hybridized carbons (Fsp3) is 0.500. The first-order chi connectivity index (χ1) is 10.6. The van der Waals surface area contributed by atoms with E-state index in [0.29, 0.717) is 19.4 Å². The zero-order chi connectivity index (χ0) is 16.4. The molecule has 0 spiro atoms. The molecule has 5 nitrogen and oxygen atoms in total. The minimum absolute atomic E-state index is 0. The third kappa shape index (κ3) is 8.83. The van der Waals surface area contributed by atoms with Crippen LogP contribution in [-0.2, 0) is 16.1 Å². The van der Waals surface area contributed by atoms with Crippen molar-refractivity contribution in [1.29, 1.82) is 0 Å². The van der Waals surface area contributed by atoms with Gasteiger partial charge in [-0.2, -0.15) is 11.8 Å². The van der Waals surface area contributed by atoms with E-state index in [1.54, 1.807) is 11.8 Å². The van der Waals surface area contributed by atoms with Crippen LogP contribution in [0.2, 0.25) is 0 Å². The highest BCUT2D eigenvalue weighted by atomic mass is 35.5. The van der Waals surface area contributed by atoms with Crippen LogP contribution in [0.25, 0.3) is 0 Å². The van der Waals surface area contributed by atoms with Gasteiger partial charge in [0.2, 0.25) is 11.8 Å². The number of rotatable bonds is 9. The van der Waals surface area contributed by atoms with Crippen molar-refractivity contribution in [2.75, 3.05) is 17.3 Å². The van der Waals surface area contributed by atoms with E-state index in [-0.39, 0.29) is 24.2 Å². The predicted octanol–water partition coefficient (Wildman–Crippen LogP) is 2.54.